The van der Waals surface area contributed by atoms with Crippen LogP contribution in [0.1, 0.15) is 53.4 Å². The molecule has 11 heavy (non-hydrogen) atoms. The predicted octanol–water partition coefficient (Wildman–Crippen LogP) is 3.63. The first-order chi connectivity index (χ1) is 5.35. The first kappa shape index (κ1) is 13.5. The van der Waals surface area contributed by atoms with Crippen LogP contribution < -0.4 is 0 Å². The van der Waals surface area contributed by atoms with E-state index in [1.807, 2.05) is 13.8 Å². The fraction of sp³-hybridized carbons (Fsp3) is 1.00. The second-order valence-corrected chi connectivity index (χ2v) is 2.41. The Bertz CT molecular complexity index is 48.8. The molecule has 0 aliphatic carbocycles. The van der Waals surface area contributed by atoms with E-state index in [1.165, 1.54) is 19.3 Å². The highest BCUT2D eigenvalue weighted by atomic mass is 16.5. The molecule has 0 aliphatic heterocycles. The second kappa shape index (κ2) is 12.6. The molecule has 70 valence electrons. The van der Waals surface area contributed by atoms with E-state index in [4.69, 9.17) is 4.74 Å². The molecule has 0 saturated carbocycles. The summed E-state index contributed by atoms with van der Waals surface area (Å²) in [5, 5.41) is 0. The summed E-state index contributed by atoms with van der Waals surface area (Å²) in [5.74, 6) is 0. The minimum absolute atomic E-state index is 0.505. The quantitative estimate of drug-likeness (QED) is 0.596. The minimum atomic E-state index is 0.505. The second-order valence-electron chi connectivity index (χ2n) is 2.41. The van der Waals surface area contributed by atoms with Crippen molar-refractivity contribution in [3.05, 3.63) is 0 Å². The first-order valence-electron chi connectivity index (χ1n) is 4.87. The first-order valence-corrected chi connectivity index (χ1v) is 4.87. The van der Waals surface area contributed by atoms with E-state index in [-0.39, 0.29) is 0 Å². The molecule has 0 aliphatic rings. The summed E-state index contributed by atoms with van der Waals surface area (Å²) in [6.07, 6.45) is 5.46. The fourth-order valence-corrected chi connectivity index (χ4v) is 0.920. The summed E-state index contributed by atoms with van der Waals surface area (Å²) >= 11 is 0. The molecule has 1 nitrogen and oxygen atoms in total. The van der Waals surface area contributed by atoms with Gasteiger partial charge in [-0.25, -0.2) is 0 Å². The molecule has 0 aromatic carbocycles. The molecular formula is C10H24O. The molecule has 0 aromatic heterocycles. The van der Waals surface area contributed by atoms with Crippen LogP contribution in [0.2, 0.25) is 0 Å². The Morgan fingerprint density at radius 2 is 1.73 bits per heavy atom. The number of hydrogen-bond acceptors (Lipinski definition) is 1. The lowest BCUT2D eigenvalue weighted by Crippen LogP contribution is -2.07. The van der Waals surface area contributed by atoms with Crippen LogP contribution in [0.15, 0.2) is 0 Å². The number of ether oxygens (including phenoxy) is 1. The topological polar surface area (TPSA) is 9.23 Å². The van der Waals surface area contributed by atoms with E-state index in [1.54, 1.807) is 7.11 Å². The molecule has 0 bridgehead atoms. The van der Waals surface area contributed by atoms with Gasteiger partial charge in [-0.05, 0) is 12.8 Å². The highest BCUT2D eigenvalue weighted by Crippen LogP contribution is 2.06. The lowest BCUT2D eigenvalue weighted by Gasteiger charge is -2.10. The van der Waals surface area contributed by atoms with E-state index in [9.17, 15) is 0 Å². The van der Waals surface area contributed by atoms with E-state index in [0.29, 0.717) is 6.10 Å². The van der Waals surface area contributed by atoms with Crippen LogP contribution >= 0.6 is 0 Å². The zero-order valence-electron chi connectivity index (χ0n) is 8.81. The summed E-state index contributed by atoms with van der Waals surface area (Å²) in [6.45, 7) is 8.38. The monoisotopic (exact) mass is 160 g/mol. The largest absolute Gasteiger partial charge is 0.381 e. The Balaban J connectivity index is 0. The van der Waals surface area contributed by atoms with Crippen molar-refractivity contribution in [1.29, 1.82) is 0 Å². The molecule has 0 saturated heterocycles. The van der Waals surface area contributed by atoms with Crippen molar-refractivity contribution < 1.29 is 4.74 Å². The smallest absolute Gasteiger partial charge is 0.0568 e. The molecule has 0 N–H and O–H groups in total. The molecule has 1 unspecified atom stereocenters. The van der Waals surface area contributed by atoms with Crippen LogP contribution in [0.3, 0.4) is 0 Å². The van der Waals surface area contributed by atoms with E-state index in [0.717, 1.165) is 6.42 Å². The van der Waals surface area contributed by atoms with Crippen molar-refractivity contribution in [1.82, 2.24) is 0 Å². The van der Waals surface area contributed by atoms with Gasteiger partial charge in [0.25, 0.3) is 0 Å². The van der Waals surface area contributed by atoms with Crippen LogP contribution in [-0.2, 0) is 4.74 Å². The average molecular weight is 160 g/mol. The maximum Gasteiger partial charge on any atom is 0.0568 e. The SMILES string of the molecule is CC.CCCCC(CC)OC. The molecule has 0 spiro atoms. The molecule has 0 aromatic rings. The Hall–Kier alpha value is -0.0400. The summed E-state index contributed by atoms with van der Waals surface area (Å²) in [4.78, 5) is 0. The standard InChI is InChI=1S/C8H18O.C2H6/c1-4-6-7-8(5-2)9-3;1-2/h8H,4-7H2,1-3H3;1-2H3. The van der Waals surface area contributed by atoms with E-state index < -0.39 is 0 Å². The van der Waals surface area contributed by atoms with Crippen LogP contribution in [0, 0.1) is 0 Å². The zero-order chi connectivity index (χ0) is 9.11. The Morgan fingerprint density at radius 3 is 2.00 bits per heavy atom. The Labute approximate surface area is 72.1 Å². The summed E-state index contributed by atoms with van der Waals surface area (Å²) in [7, 11) is 1.80. The fourth-order valence-electron chi connectivity index (χ4n) is 0.920. The van der Waals surface area contributed by atoms with Gasteiger partial charge < -0.3 is 4.74 Å². The summed E-state index contributed by atoms with van der Waals surface area (Å²) < 4.78 is 5.20. The summed E-state index contributed by atoms with van der Waals surface area (Å²) in [5.41, 5.74) is 0. The Kier molecular flexibility index (Phi) is 15.5. The van der Waals surface area contributed by atoms with Crippen LogP contribution in [0.25, 0.3) is 0 Å². The van der Waals surface area contributed by atoms with Crippen molar-refractivity contribution in [3.8, 4) is 0 Å². The highest BCUT2D eigenvalue weighted by Gasteiger charge is 2.00. The molecule has 1 atom stereocenters. The normalized spacial score (nSPS) is 11.7. The minimum Gasteiger partial charge on any atom is -0.381 e. The zero-order valence-corrected chi connectivity index (χ0v) is 8.81. The third-order valence-corrected chi connectivity index (χ3v) is 1.67. The van der Waals surface area contributed by atoms with Crippen LogP contribution in [0.5, 0.6) is 0 Å². The number of rotatable bonds is 5. The van der Waals surface area contributed by atoms with Gasteiger partial charge in [0, 0.05) is 7.11 Å². The molecule has 0 fully saturated rings. The molecule has 0 rings (SSSR count). The lowest BCUT2D eigenvalue weighted by atomic mass is 10.1. The summed E-state index contributed by atoms with van der Waals surface area (Å²) in [6, 6.07) is 0. The average Bonchev–Trinajstić information content (AvgIpc) is 2.10. The van der Waals surface area contributed by atoms with E-state index >= 15 is 0 Å². The molecule has 0 amide bonds. The van der Waals surface area contributed by atoms with Gasteiger partial charge in [0.05, 0.1) is 6.10 Å². The van der Waals surface area contributed by atoms with Crippen LogP contribution in [-0.4, -0.2) is 13.2 Å². The van der Waals surface area contributed by atoms with Crippen molar-refractivity contribution >= 4 is 0 Å². The third-order valence-electron chi connectivity index (χ3n) is 1.67. The number of hydrogen-bond donors (Lipinski definition) is 0. The van der Waals surface area contributed by atoms with Gasteiger partial charge in [-0.3, -0.25) is 0 Å². The molecule has 1 heteroatoms. The lowest BCUT2D eigenvalue weighted by molar-refractivity contribution is 0.0902. The maximum absolute atomic E-state index is 5.20. The molecule has 0 heterocycles. The van der Waals surface area contributed by atoms with Gasteiger partial charge in [0.2, 0.25) is 0 Å². The van der Waals surface area contributed by atoms with Crippen molar-refractivity contribution in [2.24, 2.45) is 0 Å². The van der Waals surface area contributed by atoms with Gasteiger partial charge in [-0.2, -0.15) is 0 Å². The van der Waals surface area contributed by atoms with Gasteiger partial charge in [0.15, 0.2) is 0 Å². The highest BCUT2D eigenvalue weighted by molar-refractivity contribution is 4.52. The van der Waals surface area contributed by atoms with Gasteiger partial charge in [-0.1, -0.05) is 40.5 Å². The van der Waals surface area contributed by atoms with Crippen molar-refractivity contribution in [2.75, 3.05) is 7.11 Å². The van der Waals surface area contributed by atoms with Gasteiger partial charge >= 0.3 is 0 Å². The van der Waals surface area contributed by atoms with Crippen molar-refractivity contribution in [3.63, 3.8) is 0 Å². The van der Waals surface area contributed by atoms with Gasteiger partial charge in [0.1, 0.15) is 0 Å². The predicted molar refractivity (Wildman–Crippen MR) is 52.0 cm³/mol. The maximum atomic E-state index is 5.20. The van der Waals surface area contributed by atoms with Gasteiger partial charge in [-0.15, -0.1) is 0 Å². The van der Waals surface area contributed by atoms with Crippen LogP contribution in [0.4, 0.5) is 0 Å². The van der Waals surface area contributed by atoms with E-state index in [2.05, 4.69) is 13.8 Å². The third kappa shape index (κ3) is 9.96. The van der Waals surface area contributed by atoms with Crippen molar-refractivity contribution in [2.45, 2.75) is 59.5 Å². The Morgan fingerprint density at radius 1 is 1.18 bits per heavy atom. The molecular weight excluding hydrogens is 136 g/mol. The molecule has 0 radical (unpaired) electrons. The number of methoxy groups -OCH3 is 1. The number of unbranched alkanes of at least 4 members (excludes halogenated alkanes) is 1.